The topological polar surface area (TPSA) is 29.3 Å². The summed E-state index contributed by atoms with van der Waals surface area (Å²) >= 11 is 0. The van der Waals surface area contributed by atoms with Crippen molar-refractivity contribution >= 4 is 5.69 Å². The average molecular weight is 258 g/mol. The van der Waals surface area contributed by atoms with E-state index in [0.717, 1.165) is 25.4 Å². The fourth-order valence-electron chi connectivity index (χ4n) is 3.82. The first kappa shape index (κ1) is 13.0. The van der Waals surface area contributed by atoms with Crippen molar-refractivity contribution in [2.24, 2.45) is 5.73 Å². The lowest BCUT2D eigenvalue weighted by Gasteiger charge is -2.34. The summed E-state index contributed by atoms with van der Waals surface area (Å²) in [7, 11) is 0. The van der Waals surface area contributed by atoms with Crippen LogP contribution in [0.3, 0.4) is 0 Å². The normalized spacial score (nSPS) is 19.7. The van der Waals surface area contributed by atoms with E-state index >= 15 is 0 Å². The molecule has 0 atom stereocenters. The molecule has 1 heterocycles. The Balaban J connectivity index is 1.84. The Kier molecular flexibility index (Phi) is 4.07. The highest BCUT2D eigenvalue weighted by Crippen LogP contribution is 2.37. The highest BCUT2D eigenvalue weighted by atomic mass is 15.2. The molecule has 1 saturated carbocycles. The number of rotatable bonds is 4. The molecule has 2 nitrogen and oxygen atoms in total. The van der Waals surface area contributed by atoms with Gasteiger partial charge in [0.15, 0.2) is 0 Å². The van der Waals surface area contributed by atoms with Crippen molar-refractivity contribution < 1.29 is 0 Å². The van der Waals surface area contributed by atoms with Gasteiger partial charge in [0.2, 0.25) is 0 Å². The van der Waals surface area contributed by atoms with Crippen LogP contribution >= 0.6 is 0 Å². The summed E-state index contributed by atoms with van der Waals surface area (Å²) in [5.74, 6) is 0. The summed E-state index contributed by atoms with van der Waals surface area (Å²) in [5.41, 5.74) is 10.4. The van der Waals surface area contributed by atoms with Gasteiger partial charge in [0.1, 0.15) is 0 Å². The Bertz CT molecular complexity index is 421. The number of anilines is 1. The number of para-hydroxylation sites is 1. The summed E-state index contributed by atoms with van der Waals surface area (Å²) in [4.78, 5) is 2.72. The van der Waals surface area contributed by atoms with Crippen molar-refractivity contribution in [1.29, 1.82) is 0 Å². The van der Waals surface area contributed by atoms with E-state index in [9.17, 15) is 0 Å². The highest BCUT2D eigenvalue weighted by Gasteiger charge is 2.28. The van der Waals surface area contributed by atoms with Crippen LogP contribution in [-0.2, 0) is 12.8 Å². The Morgan fingerprint density at radius 2 is 2.00 bits per heavy atom. The Labute approximate surface area is 117 Å². The SMILES string of the molecule is NCCCc1cccc2c1N(C1CCCCC1)CC2. The minimum atomic E-state index is 0.799. The van der Waals surface area contributed by atoms with Crippen LogP contribution in [0.15, 0.2) is 18.2 Å². The van der Waals surface area contributed by atoms with Crippen LogP contribution in [0.2, 0.25) is 0 Å². The van der Waals surface area contributed by atoms with E-state index in [-0.39, 0.29) is 0 Å². The summed E-state index contributed by atoms with van der Waals surface area (Å²) in [6.07, 6.45) is 10.5. The third-order valence-electron chi connectivity index (χ3n) is 4.78. The van der Waals surface area contributed by atoms with Gasteiger partial charge < -0.3 is 10.6 Å². The van der Waals surface area contributed by atoms with Gasteiger partial charge in [-0.2, -0.15) is 0 Å². The van der Waals surface area contributed by atoms with Crippen LogP contribution in [0.1, 0.15) is 49.7 Å². The van der Waals surface area contributed by atoms with Gasteiger partial charge in [-0.3, -0.25) is 0 Å². The van der Waals surface area contributed by atoms with Crippen LogP contribution < -0.4 is 10.6 Å². The maximum absolute atomic E-state index is 5.69. The molecule has 2 N–H and O–H groups in total. The molecule has 0 bridgehead atoms. The van der Waals surface area contributed by atoms with Crippen LogP contribution in [0.5, 0.6) is 0 Å². The zero-order chi connectivity index (χ0) is 13.1. The first-order valence-corrected chi connectivity index (χ1v) is 7.97. The molecule has 3 rings (SSSR count). The molecule has 104 valence electrons. The zero-order valence-corrected chi connectivity index (χ0v) is 11.9. The van der Waals surface area contributed by atoms with Gasteiger partial charge in [0.05, 0.1) is 0 Å². The van der Waals surface area contributed by atoms with E-state index in [4.69, 9.17) is 5.73 Å². The first-order chi connectivity index (χ1) is 9.40. The number of hydrogen-bond donors (Lipinski definition) is 1. The highest BCUT2D eigenvalue weighted by molar-refractivity contribution is 5.64. The molecule has 0 spiro atoms. The summed E-state index contributed by atoms with van der Waals surface area (Å²) in [6.45, 7) is 2.03. The standard InChI is InChI=1S/C17H26N2/c18-12-5-8-14-6-4-7-15-11-13-19(17(14)15)16-9-2-1-3-10-16/h4,6-7,16H,1-3,5,8-13,18H2. The van der Waals surface area contributed by atoms with Crippen molar-refractivity contribution in [3.8, 4) is 0 Å². The lowest BCUT2D eigenvalue weighted by Crippen LogP contribution is -2.35. The van der Waals surface area contributed by atoms with E-state index in [0.29, 0.717) is 0 Å². The van der Waals surface area contributed by atoms with E-state index in [1.54, 1.807) is 11.3 Å². The van der Waals surface area contributed by atoms with Crippen LogP contribution in [0.4, 0.5) is 5.69 Å². The molecule has 1 fully saturated rings. The third-order valence-corrected chi connectivity index (χ3v) is 4.78. The quantitative estimate of drug-likeness (QED) is 0.898. The van der Waals surface area contributed by atoms with E-state index in [1.807, 2.05) is 0 Å². The summed E-state index contributed by atoms with van der Waals surface area (Å²) in [5, 5.41) is 0. The molecular formula is C17H26N2. The lowest BCUT2D eigenvalue weighted by molar-refractivity contribution is 0.419. The molecule has 1 aromatic rings. The number of fused-ring (bicyclic) bond motifs is 1. The minimum absolute atomic E-state index is 0.799. The minimum Gasteiger partial charge on any atom is -0.368 e. The second-order valence-electron chi connectivity index (χ2n) is 6.05. The van der Waals surface area contributed by atoms with Crippen LogP contribution in [-0.4, -0.2) is 19.1 Å². The van der Waals surface area contributed by atoms with Gasteiger partial charge in [0.25, 0.3) is 0 Å². The van der Waals surface area contributed by atoms with Crippen molar-refractivity contribution in [3.63, 3.8) is 0 Å². The maximum atomic E-state index is 5.69. The smallest absolute Gasteiger partial charge is 0.0434 e. The lowest BCUT2D eigenvalue weighted by atomic mass is 9.93. The number of benzene rings is 1. The van der Waals surface area contributed by atoms with E-state index < -0.39 is 0 Å². The van der Waals surface area contributed by atoms with Gasteiger partial charge in [-0.15, -0.1) is 0 Å². The van der Waals surface area contributed by atoms with Crippen molar-refractivity contribution in [1.82, 2.24) is 0 Å². The largest absolute Gasteiger partial charge is 0.368 e. The monoisotopic (exact) mass is 258 g/mol. The molecule has 2 heteroatoms. The van der Waals surface area contributed by atoms with Crippen molar-refractivity contribution in [2.75, 3.05) is 18.0 Å². The molecule has 19 heavy (non-hydrogen) atoms. The van der Waals surface area contributed by atoms with Gasteiger partial charge in [-0.05, 0) is 49.8 Å². The molecular weight excluding hydrogens is 232 g/mol. The van der Waals surface area contributed by atoms with Crippen molar-refractivity contribution in [3.05, 3.63) is 29.3 Å². The fourth-order valence-corrected chi connectivity index (χ4v) is 3.82. The predicted molar refractivity (Wildman–Crippen MR) is 81.7 cm³/mol. The van der Waals surface area contributed by atoms with Gasteiger partial charge >= 0.3 is 0 Å². The van der Waals surface area contributed by atoms with Crippen LogP contribution in [0.25, 0.3) is 0 Å². The number of hydrogen-bond acceptors (Lipinski definition) is 2. The second-order valence-corrected chi connectivity index (χ2v) is 6.05. The molecule has 0 unspecified atom stereocenters. The van der Waals surface area contributed by atoms with E-state index in [2.05, 4.69) is 23.1 Å². The van der Waals surface area contributed by atoms with Gasteiger partial charge in [-0.1, -0.05) is 37.5 Å². The first-order valence-electron chi connectivity index (χ1n) is 7.97. The number of nitrogens with two attached hydrogens (primary N) is 1. The number of aryl methyl sites for hydroxylation is 1. The molecule has 0 aromatic heterocycles. The number of nitrogens with zero attached hydrogens (tertiary/aromatic N) is 1. The predicted octanol–water partition coefficient (Wildman–Crippen LogP) is 3.27. The molecule has 2 aliphatic rings. The summed E-state index contributed by atoms with van der Waals surface area (Å²) < 4.78 is 0. The molecule has 0 radical (unpaired) electrons. The average Bonchev–Trinajstić information content (AvgIpc) is 2.90. The second kappa shape index (κ2) is 5.96. The molecule has 0 amide bonds. The Hall–Kier alpha value is -1.02. The Morgan fingerprint density at radius 3 is 2.79 bits per heavy atom. The molecule has 1 aromatic carbocycles. The van der Waals surface area contributed by atoms with Crippen molar-refractivity contribution in [2.45, 2.75) is 57.4 Å². The maximum Gasteiger partial charge on any atom is 0.0434 e. The fraction of sp³-hybridized carbons (Fsp3) is 0.647. The van der Waals surface area contributed by atoms with E-state index in [1.165, 1.54) is 50.6 Å². The molecule has 1 aliphatic carbocycles. The third kappa shape index (κ3) is 2.64. The zero-order valence-electron chi connectivity index (χ0n) is 11.9. The summed E-state index contributed by atoms with van der Waals surface area (Å²) in [6, 6.07) is 7.67. The van der Waals surface area contributed by atoms with Crippen LogP contribution in [0, 0.1) is 0 Å². The molecule has 1 aliphatic heterocycles. The van der Waals surface area contributed by atoms with Gasteiger partial charge in [-0.25, -0.2) is 0 Å². The van der Waals surface area contributed by atoms with Gasteiger partial charge in [0, 0.05) is 18.3 Å². The Morgan fingerprint density at radius 1 is 1.16 bits per heavy atom. The molecule has 0 saturated heterocycles.